The zero-order chi connectivity index (χ0) is 11.5. The molecule has 1 aliphatic rings. The van der Waals surface area contributed by atoms with E-state index in [4.69, 9.17) is 9.47 Å². The Hall–Kier alpha value is -0.120. The van der Waals surface area contributed by atoms with E-state index in [1.54, 1.807) is 7.11 Å². The van der Waals surface area contributed by atoms with Gasteiger partial charge in [-0.1, -0.05) is 6.92 Å². The Morgan fingerprint density at radius 3 is 2.47 bits per heavy atom. The molecule has 1 saturated carbocycles. The van der Waals surface area contributed by atoms with E-state index in [1.807, 2.05) is 0 Å². The molecule has 0 radical (unpaired) electrons. The summed E-state index contributed by atoms with van der Waals surface area (Å²) in [7, 11) is 1.77. The van der Waals surface area contributed by atoms with Gasteiger partial charge in [0.2, 0.25) is 0 Å². The minimum atomic E-state index is -0.0722. The lowest BCUT2D eigenvalue weighted by Crippen LogP contribution is -2.61. The molecule has 0 heterocycles. The fraction of sp³-hybridized carbons (Fsp3) is 1.00. The smallest absolute Gasteiger partial charge is 0.0987 e. The van der Waals surface area contributed by atoms with Gasteiger partial charge in [0.1, 0.15) is 0 Å². The van der Waals surface area contributed by atoms with Crippen molar-refractivity contribution in [1.29, 1.82) is 0 Å². The van der Waals surface area contributed by atoms with Gasteiger partial charge >= 0.3 is 0 Å². The van der Waals surface area contributed by atoms with Gasteiger partial charge in [-0.3, -0.25) is 0 Å². The number of hydrogen-bond donors (Lipinski definition) is 1. The lowest BCUT2D eigenvalue weighted by atomic mass is 9.84. The fourth-order valence-corrected chi connectivity index (χ4v) is 2.00. The first kappa shape index (κ1) is 12.9. The topological polar surface area (TPSA) is 30.5 Å². The highest BCUT2D eigenvalue weighted by Crippen LogP contribution is 2.30. The molecule has 0 aromatic carbocycles. The maximum Gasteiger partial charge on any atom is 0.0987 e. The number of rotatable bonds is 5. The van der Waals surface area contributed by atoms with E-state index < -0.39 is 0 Å². The molecule has 1 rings (SSSR count). The third-order valence-electron chi connectivity index (χ3n) is 2.68. The first-order valence-corrected chi connectivity index (χ1v) is 5.92. The van der Waals surface area contributed by atoms with Crippen molar-refractivity contribution in [1.82, 2.24) is 5.32 Å². The lowest BCUT2D eigenvalue weighted by molar-refractivity contribution is -0.178. The van der Waals surface area contributed by atoms with Gasteiger partial charge in [0.15, 0.2) is 0 Å². The summed E-state index contributed by atoms with van der Waals surface area (Å²) in [6.45, 7) is 9.51. The maximum atomic E-state index is 5.92. The van der Waals surface area contributed by atoms with Gasteiger partial charge in [0.05, 0.1) is 17.8 Å². The third kappa shape index (κ3) is 3.74. The van der Waals surface area contributed by atoms with E-state index in [1.165, 1.54) is 0 Å². The second kappa shape index (κ2) is 5.28. The van der Waals surface area contributed by atoms with Crippen molar-refractivity contribution in [3.05, 3.63) is 0 Å². The van der Waals surface area contributed by atoms with Gasteiger partial charge in [-0.05, 0) is 40.2 Å². The number of nitrogens with one attached hydrogen (secondary N) is 1. The highest BCUT2D eigenvalue weighted by Gasteiger charge is 2.43. The van der Waals surface area contributed by atoms with E-state index in [0.29, 0.717) is 6.04 Å². The average molecular weight is 215 g/mol. The van der Waals surface area contributed by atoms with Crippen molar-refractivity contribution >= 4 is 0 Å². The Morgan fingerprint density at radius 2 is 2.00 bits per heavy atom. The highest BCUT2D eigenvalue weighted by atomic mass is 16.6. The second-order valence-electron chi connectivity index (χ2n) is 5.27. The maximum absolute atomic E-state index is 5.92. The Morgan fingerprint density at radius 1 is 1.33 bits per heavy atom. The minimum absolute atomic E-state index is 0.0722. The molecule has 3 unspecified atom stereocenters. The zero-order valence-corrected chi connectivity index (χ0v) is 10.7. The first-order chi connectivity index (χ1) is 6.98. The Balaban J connectivity index is 2.33. The summed E-state index contributed by atoms with van der Waals surface area (Å²) in [6.07, 6.45) is 2.70. The minimum Gasteiger partial charge on any atom is -0.377 e. The quantitative estimate of drug-likeness (QED) is 0.760. The van der Waals surface area contributed by atoms with Crippen LogP contribution < -0.4 is 5.32 Å². The standard InChI is InChI=1S/C12H25NO2/c1-6-7-13-9-8-10(11(9)14-5)15-12(2,3)4/h9-11,13H,6-8H2,1-5H3. The molecule has 90 valence electrons. The van der Waals surface area contributed by atoms with Crippen LogP contribution in [0.25, 0.3) is 0 Å². The molecule has 15 heavy (non-hydrogen) atoms. The Bertz CT molecular complexity index is 189. The van der Waals surface area contributed by atoms with E-state index in [2.05, 4.69) is 33.0 Å². The van der Waals surface area contributed by atoms with Gasteiger partial charge in [-0.2, -0.15) is 0 Å². The van der Waals surface area contributed by atoms with Gasteiger partial charge < -0.3 is 14.8 Å². The molecule has 0 amide bonds. The predicted molar refractivity (Wildman–Crippen MR) is 62.1 cm³/mol. The Labute approximate surface area is 93.5 Å². The van der Waals surface area contributed by atoms with Crippen LogP contribution in [0, 0.1) is 0 Å². The number of ether oxygens (including phenoxy) is 2. The van der Waals surface area contributed by atoms with Gasteiger partial charge in [-0.15, -0.1) is 0 Å². The van der Waals surface area contributed by atoms with E-state index in [9.17, 15) is 0 Å². The monoisotopic (exact) mass is 215 g/mol. The summed E-state index contributed by atoms with van der Waals surface area (Å²) in [5.41, 5.74) is -0.0722. The molecule has 1 aliphatic carbocycles. The van der Waals surface area contributed by atoms with Crippen LogP contribution in [0.3, 0.4) is 0 Å². The van der Waals surface area contributed by atoms with Crippen molar-refractivity contribution in [2.24, 2.45) is 0 Å². The normalized spacial score (nSPS) is 31.4. The van der Waals surface area contributed by atoms with Crippen LogP contribution in [0.4, 0.5) is 0 Å². The molecule has 1 fully saturated rings. The summed E-state index contributed by atoms with van der Waals surface area (Å²) >= 11 is 0. The molecule has 3 heteroatoms. The number of hydrogen-bond acceptors (Lipinski definition) is 3. The van der Waals surface area contributed by atoms with Crippen LogP contribution in [0.2, 0.25) is 0 Å². The molecule has 0 saturated heterocycles. The molecule has 0 aliphatic heterocycles. The fourth-order valence-electron chi connectivity index (χ4n) is 2.00. The van der Waals surface area contributed by atoms with E-state index >= 15 is 0 Å². The van der Waals surface area contributed by atoms with Gasteiger partial charge in [0.25, 0.3) is 0 Å². The van der Waals surface area contributed by atoms with E-state index in [0.717, 1.165) is 19.4 Å². The van der Waals surface area contributed by atoms with E-state index in [-0.39, 0.29) is 17.8 Å². The van der Waals surface area contributed by atoms with Gasteiger partial charge in [-0.25, -0.2) is 0 Å². The summed E-state index contributed by atoms with van der Waals surface area (Å²) in [6, 6.07) is 0.474. The van der Waals surface area contributed by atoms with Crippen LogP contribution in [0.1, 0.15) is 40.5 Å². The summed E-state index contributed by atoms with van der Waals surface area (Å²) in [5.74, 6) is 0. The molecule has 1 N–H and O–H groups in total. The largest absolute Gasteiger partial charge is 0.377 e. The lowest BCUT2D eigenvalue weighted by Gasteiger charge is -2.46. The molecule has 0 spiro atoms. The Kier molecular flexibility index (Phi) is 4.56. The van der Waals surface area contributed by atoms with Crippen LogP contribution in [0.15, 0.2) is 0 Å². The molecular formula is C12H25NO2. The van der Waals surface area contributed by atoms with Gasteiger partial charge in [0, 0.05) is 13.2 Å². The zero-order valence-electron chi connectivity index (χ0n) is 10.7. The average Bonchev–Trinajstić information content (AvgIpc) is 2.09. The van der Waals surface area contributed by atoms with Crippen LogP contribution in [-0.2, 0) is 9.47 Å². The van der Waals surface area contributed by atoms with Crippen molar-refractivity contribution in [3.8, 4) is 0 Å². The summed E-state index contributed by atoms with van der Waals surface area (Å²) in [5, 5.41) is 3.48. The van der Waals surface area contributed by atoms with Crippen LogP contribution in [0.5, 0.6) is 0 Å². The molecule has 0 aromatic heterocycles. The molecule has 3 nitrogen and oxygen atoms in total. The van der Waals surface area contributed by atoms with Crippen molar-refractivity contribution in [2.45, 2.75) is 64.4 Å². The van der Waals surface area contributed by atoms with Crippen LogP contribution >= 0.6 is 0 Å². The van der Waals surface area contributed by atoms with Crippen LogP contribution in [-0.4, -0.2) is 37.5 Å². The first-order valence-electron chi connectivity index (χ1n) is 5.92. The number of methoxy groups -OCH3 is 1. The molecule has 0 aromatic rings. The molecule has 0 bridgehead atoms. The SMILES string of the molecule is CCCNC1CC(OC(C)(C)C)C1OC. The molecule has 3 atom stereocenters. The summed E-state index contributed by atoms with van der Waals surface area (Å²) in [4.78, 5) is 0. The molecular weight excluding hydrogens is 190 g/mol. The highest BCUT2D eigenvalue weighted by molar-refractivity contribution is 4.97. The van der Waals surface area contributed by atoms with Crippen molar-refractivity contribution in [2.75, 3.05) is 13.7 Å². The second-order valence-corrected chi connectivity index (χ2v) is 5.27. The van der Waals surface area contributed by atoms with Crippen molar-refractivity contribution in [3.63, 3.8) is 0 Å². The predicted octanol–water partition coefficient (Wildman–Crippen LogP) is 1.96. The van der Waals surface area contributed by atoms with Crippen molar-refractivity contribution < 1.29 is 9.47 Å². The third-order valence-corrected chi connectivity index (χ3v) is 2.68. The summed E-state index contributed by atoms with van der Waals surface area (Å²) < 4.78 is 11.4.